The number of hydrogen-bond donors (Lipinski definition) is 1. The van der Waals surface area contributed by atoms with Crippen LogP contribution in [0.1, 0.15) is 65.2 Å². The van der Waals surface area contributed by atoms with Gasteiger partial charge in [-0.1, -0.05) is 19.4 Å². The van der Waals surface area contributed by atoms with Crippen LogP contribution in [-0.4, -0.2) is 47.2 Å². The molecule has 0 aromatic rings. The first-order valence-corrected chi connectivity index (χ1v) is 11.4. The molecule has 1 aliphatic heterocycles. The molecule has 0 amide bonds. The SMILES string of the molecule is COC(=O)[C@@H]1CC2=CC(=O)CC[C@]2(C)[C@@]23O[C@@H]2C[C@@]2(C)C(CC[C@@]2(O)CCC(=O)[O-])C13.[K+]. The summed E-state index contributed by atoms with van der Waals surface area (Å²) in [7, 11) is 1.39. The number of aliphatic carboxylic acids is 1. The van der Waals surface area contributed by atoms with Gasteiger partial charge in [0.1, 0.15) is 5.60 Å². The van der Waals surface area contributed by atoms with Gasteiger partial charge in [-0.2, -0.15) is 0 Å². The van der Waals surface area contributed by atoms with Crippen LogP contribution in [0.15, 0.2) is 11.6 Å². The summed E-state index contributed by atoms with van der Waals surface area (Å²) in [5.74, 6) is -1.91. The molecule has 8 atom stereocenters. The summed E-state index contributed by atoms with van der Waals surface area (Å²) in [4.78, 5) is 36.3. The molecule has 0 bridgehead atoms. The Hall–Kier alpha value is -0.0936. The van der Waals surface area contributed by atoms with Crippen LogP contribution in [0.5, 0.6) is 0 Å². The molecule has 1 spiro atoms. The summed E-state index contributed by atoms with van der Waals surface area (Å²) in [6.07, 6.45) is 5.06. The van der Waals surface area contributed by atoms with E-state index in [1.54, 1.807) is 6.08 Å². The van der Waals surface area contributed by atoms with Crippen LogP contribution in [0.4, 0.5) is 0 Å². The summed E-state index contributed by atoms with van der Waals surface area (Å²) in [5, 5.41) is 22.7. The number of ether oxygens (including phenoxy) is 2. The molecule has 0 radical (unpaired) electrons. The fourth-order valence-electron chi connectivity index (χ4n) is 8.22. The number of esters is 1. The fourth-order valence-corrected chi connectivity index (χ4v) is 8.22. The topological polar surface area (TPSA) is 116 Å². The summed E-state index contributed by atoms with van der Waals surface area (Å²) in [6.45, 7) is 4.21. The van der Waals surface area contributed by atoms with Crippen molar-refractivity contribution in [2.75, 3.05) is 7.11 Å². The summed E-state index contributed by atoms with van der Waals surface area (Å²) >= 11 is 0. The summed E-state index contributed by atoms with van der Waals surface area (Å²) < 4.78 is 11.7. The molecule has 7 nitrogen and oxygen atoms in total. The van der Waals surface area contributed by atoms with Crippen LogP contribution in [0, 0.1) is 28.6 Å². The first kappa shape index (κ1) is 25.0. The van der Waals surface area contributed by atoms with E-state index in [0.717, 1.165) is 5.57 Å². The van der Waals surface area contributed by atoms with Gasteiger partial charge < -0.3 is 24.5 Å². The van der Waals surface area contributed by atoms with Crippen molar-refractivity contribution < 1.29 is 85.5 Å². The number of epoxide rings is 1. The van der Waals surface area contributed by atoms with Crippen LogP contribution in [0.25, 0.3) is 0 Å². The van der Waals surface area contributed by atoms with Crippen LogP contribution < -0.4 is 56.5 Å². The van der Waals surface area contributed by atoms with E-state index in [4.69, 9.17) is 9.47 Å². The van der Waals surface area contributed by atoms with E-state index >= 15 is 0 Å². The molecular formula is C24H31KO7. The number of carbonyl (C=O) groups excluding carboxylic acids is 3. The maximum atomic E-state index is 13.0. The predicted molar refractivity (Wildman–Crippen MR) is 106 cm³/mol. The van der Waals surface area contributed by atoms with Gasteiger partial charge in [-0.15, -0.1) is 0 Å². The van der Waals surface area contributed by atoms with Gasteiger partial charge in [-0.05, 0) is 56.9 Å². The van der Waals surface area contributed by atoms with Gasteiger partial charge >= 0.3 is 57.4 Å². The van der Waals surface area contributed by atoms with Gasteiger partial charge in [-0.25, -0.2) is 0 Å². The normalized spacial score (nSPS) is 48.2. The van der Waals surface area contributed by atoms with E-state index in [0.29, 0.717) is 38.5 Å². The van der Waals surface area contributed by atoms with Crippen molar-refractivity contribution in [3.63, 3.8) is 0 Å². The Morgan fingerprint density at radius 2 is 2.03 bits per heavy atom. The second kappa shape index (κ2) is 7.97. The van der Waals surface area contributed by atoms with E-state index in [9.17, 15) is 24.6 Å². The molecule has 3 saturated carbocycles. The number of rotatable bonds is 4. The Labute approximate surface area is 231 Å². The number of carboxylic acid groups (broad SMARTS) is 1. The molecule has 1 heterocycles. The van der Waals surface area contributed by atoms with Crippen molar-refractivity contribution >= 4 is 17.7 Å². The molecule has 1 saturated heterocycles. The quantitative estimate of drug-likeness (QED) is 0.296. The van der Waals surface area contributed by atoms with Crippen molar-refractivity contribution in [3.05, 3.63) is 11.6 Å². The Kier molecular flexibility index (Phi) is 6.23. The maximum absolute atomic E-state index is 13.0. The van der Waals surface area contributed by atoms with Crippen molar-refractivity contribution in [2.24, 2.45) is 28.6 Å². The minimum absolute atomic E-state index is 0. The van der Waals surface area contributed by atoms with Crippen molar-refractivity contribution in [2.45, 2.75) is 82.5 Å². The summed E-state index contributed by atoms with van der Waals surface area (Å²) in [5.41, 5.74) is -1.53. The zero-order valence-corrected chi connectivity index (χ0v) is 22.6. The van der Waals surface area contributed by atoms with Crippen LogP contribution in [-0.2, 0) is 23.9 Å². The number of methoxy groups -OCH3 is 1. The molecule has 5 aliphatic rings. The molecule has 0 aromatic heterocycles. The third kappa shape index (κ3) is 3.09. The second-order valence-electron chi connectivity index (χ2n) is 10.9. The van der Waals surface area contributed by atoms with Gasteiger partial charge in [0.2, 0.25) is 0 Å². The Balaban J connectivity index is 0.00000245. The average molecular weight is 471 g/mol. The molecule has 2 unspecified atom stereocenters. The molecule has 1 N–H and O–H groups in total. The van der Waals surface area contributed by atoms with Gasteiger partial charge in [0.15, 0.2) is 5.78 Å². The molecular weight excluding hydrogens is 439 g/mol. The predicted octanol–water partition coefficient (Wildman–Crippen LogP) is -1.69. The minimum atomic E-state index is -1.16. The van der Waals surface area contributed by atoms with E-state index in [1.807, 2.05) is 6.92 Å². The Bertz CT molecular complexity index is 901. The first-order chi connectivity index (χ1) is 14.5. The van der Waals surface area contributed by atoms with Crippen LogP contribution in [0.2, 0.25) is 0 Å². The monoisotopic (exact) mass is 470 g/mol. The van der Waals surface area contributed by atoms with E-state index in [2.05, 4.69) is 6.92 Å². The van der Waals surface area contributed by atoms with Gasteiger partial charge in [0.05, 0.1) is 24.7 Å². The Morgan fingerprint density at radius 3 is 2.69 bits per heavy atom. The second-order valence-corrected chi connectivity index (χ2v) is 10.9. The number of aliphatic hydroxyl groups is 1. The van der Waals surface area contributed by atoms with Gasteiger partial charge in [0, 0.05) is 29.1 Å². The van der Waals surface area contributed by atoms with E-state index < -0.39 is 28.5 Å². The number of hydrogen-bond acceptors (Lipinski definition) is 7. The third-order valence-corrected chi connectivity index (χ3v) is 9.94. The number of carboxylic acids is 1. The molecule has 32 heavy (non-hydrogen) atoms. The van der Waals surface area contributed by atoms with Crippen LogP contribution >= 0.6 is 0 Å². The standard InChI is InChI=1S/C24H32O7.K/c1-21-7-4-14(25)10-13(21)11-15(20(28)30-3)19-16-5-8-23(29,9-6-18(26)27)22(16,2)12-17-24(19,21)31-17;/h10,15-17,19,29H,4-9,11-12H2,1-3H3,(H,26,27);/q;+1/p-1/t15-,16?,17-,19?,21+,22+,23-,24-;/m1./s1. The number of carbonyl (C=O) groups is 3. The molecule has 4 aliphatic carbocycles. The smallest absolute Gasteiger partial charge is 0.550 e. The minimum Gasteiger partial charge on any atom is -0.550 e. The van der Waals surface area contributed by atoms with Crippen molar-refractivity contribution in [1.29, 1.82) is 0 Å². The molecule has 4 fully saturated rings. The van der Waals surface area contributed by atoms with E-state index in [1.165, 1.54) is 7.11 Å². The Morgan fingerprint density at radius 1 is 1.31 bits per heavy atom. The van der Waals surface area contributed by atoms with E-state index in [-0.39, 0.29) is 99.3 Å². The molecule has 5 rings (SSSR count). The number of ketones is 1. The largest absolute Gasteiger partial charge is 1.00 e. The number of fused-ring (bicyclic) bond motifs is 3. The third-order valence-electron chi connectivity index (χ3n) is 9.94. The summed E-state index contributed by atoms with van der Waals surface area (Å²) in [6, 6.07) is 0. The fraction of sp³-hybridized carbons (Fsp3) is 0.792. The van der Waals surface area contributed by atoms with Crippen molar-refractivity contribution in [1.82, 2.24) is 0 Å². The molecule has 8 heteroatoms. The van der Waals surface area contributed by atoms with Crippen molar-refractivity contribution in [3.8, 4) is 0 Å². The average Bonchev–Trinajstić information content (AvgIpc) is 3.38. The zero-order chi connectivity index (χ0) is 22.4. The first-order valence-electron chi connectivity index (χ1n) is 11.4. The molecule has 170 valence electrons. The maximum Gasteiger partial charge on any atom is 1.00 e. The van der Waals surface area contributed by atoms with Crippen LogP contribution in [0.3, 0.4) is 0 Å². The van der Waals surface area contributed by atoms with Gasteiger partial charge in [-0.3, -0.25) is 9.59 Å². The zero-order valence-electron chi connectivity index (χ0n) is 19.4. The van der Waals surface area contributed by atoms with Gasteiger partial charge in [0.25, 0.3) is 0 Å². The molecule has 0 aromatic carbocycles.